The summed E-state index contributed by atoms with van der Waals surface area (Å²) in [4.78, 5) is 26.3. The van der Waals surface area contributed by atoms with E-state index < -0.39 is 0 Å². The van der Waals surface area contributed by atoms with Gasteiger partial charge in [0.25, 0.3) is 5.91 Å². The predicted octanol–water partition coefficient (Wildman–Crippen LogP) is 3.45. The van der Waals surface area contributed by atoms with Crippen LogP contribution in [0.5, 0.6) is 0 Å². The number of nitrogens with zero attached hydrogens (tertiary/aromatic N) is 6. The minimum Gasteiger partial charge on any atom is -0.301 e. The maximum Gasteiger partial charge on any atom is 0.269 e. The van der Waals surface area contributed by atoms with Crippen molar-refractivity contribution in [3.63, 3.8) is 0 Å². The zero-order valence-electron chi connectivity index (χ0n) is 19.6. The van der Waals surface area contributed by atoms with E-state index in [4.69, 9.17) is 0 Å². The van der Waals surface area contributed by atoms with Gasteiger partial charge in [0, 0.05) is 51.0 Å². The van der Waals surface area contributed by atoms with Crippen molar-refractivity contribution in [2.75, 3.05) is 44.3 Å². The number of nitrogens with one attached hydrogen (secondary N) is 1. The number of halogens is 1. The van der Waals surface area contributed by atoms with Crippen molar-refractivity contribution >= 4 is 27.7 Å². The van der Waals surface area contributed by atoms with Gasteiger partial charge in [-0.15, -0.1) is 0 Å². The number of hydrogen-bond donors (Lipinski definition) is 1. The van der Waals surface area contributed by atoms with E-state index in [0.717, 1.165) is 44.8 Å². The number of hydrazine groups is 1. The Balaban J connectivity index is 1.70. The van der Waals surface area contributed by atoms with E-state index in [9.17, 15) is 10.1 Å². The quantitative estimate of drug-likeness (QED) is 0.513. The predicted molar refractivity (Wildman–Crippen MR) is 133 cm³/mol. The molecule has 2 aromatic rings. The first-order valence-electron chi connectivity index (χ1n) is 11.4. The second-order valence-electron chi connectivity index (χ2n) is 8.74. The molecule has 1 fully saturated rings. The Morgan fingerprint density at radius 1 is 1.27 bits per heavy atom. The summed E-state index contributed by atoms with van der Waals surface area (Å²) in [5.41, 5.74) is 4.68. The summed E-state index contributed by atoms with van der Waals surface area (Å²) in [6.45, 7) is 13.1. The monoisotopic (exact) mass is 513 g/mol. The zero-order valence-corrected chi connectivity index (χ0v) is 21.2. The van der Waals surface area contributed by atoms with Crippen molar-refractivity contribution in [3.05, 3.63) is 51.9 Å². The van der Waals surface area contributed by atoms with Crippen LogP contribution in [0.4, 0.5) is 5.82 Å². The minimum absolute atomic E-state index is 0.0530. The van der Waals surface area contributed by atoms with Gasteiger partial charge in [-0.25, -0.2) is 4.98 Å². The smallest absolute Gasteiger partial charge is 0.269 e. The van der Waals surface area contributed by atoms with Crippen molar-refractivity contribution in [3.8, 4) is 6.07 Å². The largest absolute Gasteiger partial charge is 0.301 e. The first-order chi connectivity index (χ1) is 15.9. The summed E-state index contributed by atoms with van der Waals surface area (Å²) in [5.74, 6) is 0.562. The summed E-state index contributed by atoms with van der Waals surface area (Å²) < 4.78 is 0.610. The Bertz CT molecular complexity index is 983. The third-order valence-corrected chi connectivity index (χ3v) is 6.02. The van der Waals surface area contributed by atoms with E-state index in [2.05, 4.69) is 68.0 Å². The van der Waals surface area contributed by atoms with Gasteiger partial charge in [0.1, 0.15) is 6.07 Å². The Kier molecular flexibility index (Phi) is 9.18. The highest BCUT2D eigenvalue weighted by molar-refractivity contribution is 9.10. The normalized spacial score (nSPS) is 14.8. The number of nitriles is 1. The summed E-state index contributed by atoms with van der Waals surface area (Å²) in [7, 11) is 0. The number of carbonyl (C=O) groups excluding carboxylic acids is 1. The number of anilines is 1. The molecule has 1 aromatic carbocycles. The number of carbonyl (C=O) groups is 1. The van der Waals surface area contributed by atoms with Crippen molar-refractivity contribution in [1.82, 2.24) is 25.2 Å². The van der Waals surface area contributed by atoms with E-state index in [1.54, 1.807) is 5.01 Å². The molecular weight excluding hydrogens is 482 g/mol. The molecule has 0 aliphatic carbocycles. The molecule has 1 aliphatic rings. The topological polar surface area (TPSA) is 88.4 Å². The van der Waals surface area contributed by atoms with Gasteiger partial charge in [-0.2, -0.15) is 10.2 Å². The van der Waals surface area contributed by atoms with Gasteiger partial charge in [0.05, 0.1) is 4.47 Å². The summed E-state index contributed by atoms with van der Waals surface area (Å²) in [6.07, 6.45) is 2.72. The molecule has 3 rings (SSSR count). The van der Waals surface area contributed by atoms with Crippen molar-refractivity contribution in [2.45, 2.75) is 33.7 Å². The van der Waals surface area contributed by atoms with Crippen LogP contribution >= 0.6 is 15.9 Å². The number of hydrogen-bond acceptors (Lipinski definition) is 7. The van der Waals surface area contributed by atoms with Crippen LogP contribution in [-0.4, -0.2) is 64.9 Å². The molecule has 0 radical (unpaired) electrons. The molecule has 1 amide bonds. The standard InChI is InChI=1S/C24H32BrN7O/c1-4-8-30-9-11-31(12-10-30)17-19-6-5-7-20(13-19)24(33)29-32(16-18(2)3)23-21(25)15-27-22(14-26)28-23/h5-7,13,15,18H,4,8-12,16-17H2,1-3H3,(H,29,33). The lowest BCUT2D eigenvalue weighted by atomic mass is 10.1. The van der Waals surface area contributed by atoms with Crippen LogP contribution in [0.15, 0.2) is 34.9 Å². The van der Waals surface area contributed by atoms with Crippen molar-refractivity contribution in [1.29, 1.82) is 5.26 Å². The fourth-order valence-electron chi connectivity index (χ4n) is 3.89. The third kappa shape index (κ3) is 7.22. The summed E-state index contributed by atoms with van der Waals surface area (Å²) in [6, 6.07) is 9.73. The van der Waals surface area contributed by atoms with Gasteiger partial charge in [-0.3, -0.25) is 20.1 Å². The lowest BCUT2D eigenvalue weighted by molar-refractivity contribution is 0.0947. The van der Waals surface area contributed by atoms with E-state index in [1.165, 1.54) is 12.6 Å². The summed E-state index contributed by atoms with van der Waals surface area (Å²) in [5, 5.41) is 10.9. The van der Waals surface area contributed by atoms with Crippen LogP contribution in [0.1, 0.15) is 48.9 Å². The Labute approximate surface area is 204 Å². The highest BCUT2D eigenvalue weighted by atomic mass is 79.9. The molecule has 1 aromatic heterocycles. The number of aromatic nitrogens is 2. The van der Waals surface area contributed by atoms with Gasteiger partial charge in [0.15, 0.2) is 5.82 Å². The molecule has 0 unspecified atom stereocenters. The third-order valence-electron chi connectivity index (χ3n) is 5.47. The van der Waals surface area contributed by atoms with Gasteiger partial charge in [0.2, 0.25) is 5.82 Å². The van der Waals surface area contributed by atoms with Crippen LogP contribution in [0.25, 0.3) is 0 Å². The lowest BCUT2D eigenvalue weighted by Gasteiger charge is -2.34. The molecule has 9 heteroatoms. The van der Waals surface area contributed by atoms with Crippen LogP contribution in [-0.2, 0) is 6.54 Å². The van der Waals surface area contributed by atoms with Gasteiger partial charge in [-0.05, 0) is 52.5 Å². The van der Waals surface area contributed by atoms with Gasteiger partial charge in [-0.1, -0.05) is 32.9 Å². The average Bonchev–Trinajstić information content (AvgIpc) is 2.80. The first kappa shape index (κ1) is 25.1. The highest BCUT2D eigenvalue weighted by Gasteiger charge is 2.20. The number of piperazine rings is 1. The molecule has 8 nitrogen and oxygen atoms in total. The molecule has 0 saturated carbocycles. The maximum atomic E-state index is 13.1. The van der Waals surface area contributed by atoms with E-state index in [0.29, 0.717) is 22.4 Å². The van der Waals surface area contributed by atoms with Crippen molar-refractivity contribution in [2.24, 2.45) is 5.92 Å². The van der Waals surface area contributed by atoms with Gasteiger partial charge < -0.3 is 4.90 Å². The second-order valence-corrected chi connectivity index (χ2v) is 9.59. The SMILES string of the molecule is CCCN1CCN(Cc2cccc(C(=O)NN(CC(C)C)c3nc(C#N)ncc3Br)c2)CC1. The molecule has 176 valence electrons. The minimum atomic E-state index is -0.214. The molecule has 0 atom stereocenters. The van der Waals surface area contributed by atoms with E-state index in [-0.39, 0.29) is 17.6 Å². The van der Waals surface area contributed by atoms with Crippen LogP contribution in [0.2, 0.25) is 0 Å². The van der Waals surface area contributed by atoms with Crippen LogP contribution in [0, 0.1) is 17.2 Å². The fraction of sp³-hybridized carbons (Fsp3) is 0.500. The Hall–Kier alpha value is -2.54. The molecule has 2 heterocycles. The van der Waals surface area contributed by atoms with Crippen LogP contribution in [0.3, 0.4) is 0 Å². The molecule has 0 bridgehead atoms. The van der Waals surface area contributed by atoms with E-state index in [1.807, 2.05) is 24.3 Å². The molecule has 1 aliphatic heterocycles. The van der Waals surface area contributed by atoms with Gasteiger partial charge >= 0.3 is 0 Å². The molecule has 1 N–H and O–H groups in total. The molecular formula is C24H32BrN7O. The second kappa shape index (κ2) is 12.1. The molecule has 33 heavy (non-hydrogen) atoms. The average molecular weight is 514 g/mol. The number of benzene rings is 1. The van der Waals surface area contributed by atoms with E-state index >= 15 is 0 Å². The number of amides is 1. The molecule has 0 spiro atoms. The lowest BCUT2D eigenvalue weighted by Crippen LogP contribution is -2.46. The highest BCUT2D eigenvalue weighted by Crippen LogP contribution is 2.23. The van der Waals surface area contributed by atoms with Crippen LogP contribution < -0.4 is 10.4 Å². The fourth-order valence-corrected chi connectivity index (χ4v) is 4.30. The Morgan fingerprint density at radius 3 is 2.67 bits per heavy atom. The number of rotatable bonds is 9. The first-order valence-corrected chi connectivity index (χ1v) is 12.2. The Morgan fingerprint density at radius 2 is 2.00 bits per heavy atom. The van der Waals surface area contributed by atoms with Crippen molar-refractivity contribution < 1.29 is 4.79 Å². The molecule has 1 saturated heterocycles. The maximum absolute atomic E-state index is 13.1. The summed E-state index contributed by atoms with van der Waals surface area (Å²) >= 11 is 3.44. The zero-order chi connectivity index (χ0) is 23.8.